The van der Waals surface area contributed by atoms with E-state index in [1.165, 1.54) is 24.3 Å². The Balaban J connectivity index is 2.87. The van der Waals surface area contributed by atoms with Crippen LogP contribution in [-0.4, -0.2) is 4.98 Å². The van der Waals surface area contributed by atoms with Crippen LogP contribution in [0, 0.1) is 11.8 Å². The smallest absolute Gasteiger partial charge is 0.212 e. The lowest BCUT2D eigenvalue weighted by atomic mass is 10.2. The number of benzene rings is 1. The van der Waals surface area contributed by atoms with Crippen molar-refractivity contribution in [2.45, 2.75) is 0 Å². The monoisotopic (exact) mass is 243 g/mol. The van der Waals surface area contributed by atoms with Gasteiger partial charge in [0.05, 0.1) is 0 Å². The molecule has 1 aromatic carbocycles. The van der Waals surface area contributed by atoms with Crippen molar-refractivity contribution in [3.05, 3.63) is 40.6 Å². The molecule has 66 valence electrons. The minimum atomic E-state index is -0.578. The van der Waals surface area contributed by atoms with Gasteiger partial charge in [-0.3, -0.25) is 0 Å². The largest absolute Gasteiger partial charge is 0.214 e. The molecule has 1 aromatic heterocycles. The zero-order chi connectivity index (χ0) is 9.42. The van der Waals surface area contributed by atoms with Crippen molar-refractivity contribution in [1.29, 1.82) is 0 Å². The molecule has 0 fully saturated rings. The summed E-state index contributed by atoms with van der Waals surface area (Å²) in [6.45, 7) is 0. The zero-order valence-electron chi connectivity index (χ0n) is 6.39. The number of aromatic nitrogens is 1. The van der Waals surface area contributed by atoms with Crippen LogP contribution >= 0.6 is 15.9 Å². The average Bonchev–Trinajstić information content (AvgIpc) is 2.06. The summed E-state index contributed by atoms with van der Waals surface area (Å²) in [6.07, 6.45) is 0. The van der Waals surface area contributed by atoms with E-state index >= 15 is 0 Å². The van der Waals surface area contributed by atoms with Gasteiger partial charge in [0, 0.05) is 11.5 Å². The van der Waals surface area contributed by atoms with E-state index in [1.807, 2.05) is 0 Å². The standard InChI is InChI=1S/C9H4BrF2N/c10-9-7-4-6(11)2-1-5(7)3-8(12)13-9/h1-4H. The lowest BCUT2D eigenvalue weighted by Crippen LogP contribution is -1.86. The second kappa shape index (κ2) is 3.03. The Morgan fingerprint density at radius 1 is 1.15 bits per heavy atom. The van der Waals surface area contributed by atoms with Crippen LogP contribution in [0.25, 0.3) is 10.8 Å². The highest BCUT2D eigenvalue weighted by Crippen LogP contribution is 2.23. The van der Waals surface area contributed by atoms with E-state index in [0.29, 0.717) is 15.4 Å². The molecular formula is C9H4BrF2N. The molecule has 4 heteroatoms. The topological polar surface area (TPSA) is 12.9 Å². The van der Waals surface area contributed by atoms with Gasteiger partial charge in [0.2, 0.25) is 5.95 Å². The van der Waals surface area contributed by atoms with Crippen molar-refractivity contribution in [3.8, 4) is 0 Å². The van der Waals surface area contributed by atoms with Gasteiger partial charge in [-0.05, 0) is 33.4 Å². The third-order valence-corrected chi connectivity index (χ3v) is 2.32. The van der Waals surface area contributed by atoms with Crippen molar-refractivity contribution < 1.29 is 8.78 Å². The maximum absolute atomic E-state index is 12.8. The Morgan fingerprint density at radius 2 is 1.92 bits per heavy atom. The Hall–Kier alpha value is -1.03. The molecule has 0 atom stereocenters. The fourth-order valence-corrected chi connectivity index (χ4v) is 1.66. The van der Waals surface area contributed by atoms with Crippen molar-refractivity contribution in [3.63, 3.8) is 0 Å². The molecule has 0 bridgehead atoms. The maximum atomic E-state index is 12.8. The van der Waals surface area contributed by atoms with E-state index in [-0.39, 0.29) is 5.82 Å². The Morgan fingerprint density at radius 3 is 2.69 bits per heavy atom. The molecular weight excluding hydrogens is 240 g/mol. The molecule has 13 heavy (non-hydrogen) atoms. The van der Waals surface area contributed by atoms with Gasteiger partial charge < -0.3 is 0 Å². The highest BCUT2D eigenvalue weighted by Gasteiger charge is 2.03. The molecule has 0 unspecified atom stereocenters. The van der Waals surface area contributed by atoms with Crippen molar-refractivity contribution in [2.75, 3.05) is 0 Å². The summed E-state index contributed by atoms with van der Waals surface area (Å²) in [6, 6.07) is 5.37. The molecule has 1 heterocycles. The summed E-state index contributed by atoms with van der Waals surface area (Å²) in [5.41, 5.74) is 0. The van der Waals surface area contributed by atoms with Gasteiger partial charge in [0.1, 0.15) is 10.4 Å². The summed E-state index contributed by atoms with van der Waals surface area (Å²) in [4.78, 5) is 3.53. The van der Waals surface area contributed by atoms with Gasteiger partial charge >= 0.3 is 0 Å². The van der Waals surface area contributed by atoms with Crippen molar-refractivity contribution in [2.24, 2.45) is 0 Å². The van der Waals surface area contributed by atoms with Crippen LogP contribution in [0.5, 0.6) is 0 Å². The number of hydrogen-bond acceptors (Lipinski definition) is 1. The minimum absolute atomic E-state index is 0.321. The molecule has 0 aliphatic heterocycles. The number of rotatable bonds is 0. The Kier molecular flexibility index (Phi) is 2.00. The van der Waals surface area contributed by atoms with Crippen molar-refractivity contribution in [1.82, 2.24) is 4.98 Å². The maximum Gasteiger partial charge on any atom is 0.214 e. The number of pyridine rings is 1. The third kappa shape index (κ3) is 1.54. The van der Waals surface area contributed by atoms with Crippen LogP contribution in [0.4, 0.5) is 8.78 Å². The highest BCUT2D eigenvalue weighted by atomic mass is 79.9. The number of nitrogens with zero attached hydrogens (tertiary/aromatic N) is 1. The van der Waals surface area contributed by atoms with E-state index < -0.39 is 5.95 Å². The number of fused-ring (bicyclic) bond motifs is 1. The van der Waals surface area contributed by atoms with Gasteiger partial charge in [0.25, 0.3) is 0 Å². The first kappa shape index (κ1) is 8.56. The molecule has 0 saturated heterocycles. The molecule has 0 aliphatic rings. The molecule has 0 aliphatic carbocycles. The zero-order valence-corrected chi connectivity index (χ0v) is 7.98. The molecule has 2 rings (SSSR count). The lowest BCUT2D eigenvalue weighted by molar-refractivity contribution is 0.583. The Labute approximate surface area is 81.5 Å². The van der Waals surface area contributed by atoms with Gasteiger partial charge in [-0.25, -0.2) is 9.37 Å². The fraction of sp³-hybridized carbons (Fsp3) is 0. The van der Waals surface area contributed by atoms with Gasteiger partial charge in [-0.15, -0.1) is 0 Å². The first-order chi connectivity index (χ1) is 6.16. The highest BCUT2D eigenvalue weighted by molar-refractivity contribution is 9.10. The quantitative estimate of drug-likeness (QED) is 0.648. The summed E-state index contributed by atoms with van der Waals surface area (Å²) < 4.78 is 25.9. The minimum Gasteiger partial charge on any atom is -0.212 e. The van der Waals surface area contributed by atoms with Crippen molar-refractivity contribution >= 4 is 26.7 Å². The van der Waals surface area contributed by atoms with Crippen LogP contribution in [-0.2, 0) is 0 Å². The predicted octanol–water partition coefficient (Wildman–Crippen LogP) is 3.28. The summed E-state index contributed by atoms with van der Waals surface area (Å²) in [5, 5.41) is 1.20. The summed E-state index contributed by atoms with van der Waals surface area (Å²) >= 11 is 3.06. The van der Waals surface area contributed by atoms with Crippen LogP contribution in [0.3, 0.4) is 0 Å². The van der Waals surface area contributed by atoms with E-state index in [2.05, 4.69) is 20.9 Å². The van der Waals surface area contributed by atoms with Crippen LogP contribution in [0.2, 0.25) is 0 Å². The summed E-state index contributed by atoms with van der Waals surface area (Å²) in [5.74, 6) is -0.937. The van der Waals surface area contributed by atoms with Gasteiger partial charge in [-0.1, -0.05) is 6.07 Å². The molecule has 2 aromatic rings. The van der Waals surface area contributed by atoms with Crippen LogP contribution in [0.1, 0.15) is 0 Å². The van der Waals surface area contributed by atoms with E-state index in [4.69, 9.17) is 0 Å². The SMILES string of the molecule is Fc1ccc2cc(F)nc(Br)c2c1. The summed E-state index contributed by atoms with van der Waals surface area (Å²) in [7, 11) is 0. The first-order valence-corrected chi connectivity index (χ1v) is 4.37. The fourth-order valence-electron chi connectivity index (χ4n) is 1.15. The van der Waals surface area contributed by atoms with E-state index in [0.717, 1.165) is 0 Å². The van der Waals surface area contributed by atoms with E-state index in [1.54, 1.807) is 0 Å². The first-order valence-electron chi connectivity index (χ1n) is 3.58. The molecule has 0 N–H and O–H groups in total. The number of hydrogen-bond donors (Lipinski definition) is 0. The normalized spacial score (nSPS) is 10.7. The average molecular weight is 244 g/mol. The molecule has 0 saturated carbocycles. The third-order valence-electron chi connectivity index (χ3n) is 1.72. The lowest BCUT2D eigenvalue weighted by Gasteiger charge is -1.99. The molecule has 0 spiro atoms. The predicted molar refractivity (Wildman–Crippen MR) is 49.4 cm³/mol. The van der Waals surface area contributed by atoms with Gasteiger partial charge in [-0.2, -0.15) is 4.39 Å². The number of halogens is 3. The Bertz CT molecular complexity index is 470. The van der Waals surface area contributed by atoms with Crippen LogP contribution < -0.4 is 0 Å². The molecule has 0 radical (unpaired) electrons. The second-order valence-electron chi connectivity index (χ2n) is 2.60. The van der Waals surface area contributed by atoms with Gasteiger partial charge in [0.15, 0.2) is 0 Å². The molecule has 0 amide bonds. The molecule has 1 nitrogen and oxygen atoms in total. The van der Waals surface area contributed by atoms with Crippen LogP contribution in [0.15, 0.2) is 28.9 Å². The second-order valence-corrected chi connectivity index (χ2v) is 3.35. The van der Waals surface area contributed by atoms with E-state index in [9.17, 15) is 8.78 Å².